The Morgan fingerprint density at radius 1 is 1.22 bits per heavy atom. The van der Waals surface area contributed by atoms with Gasteiger partial charge in [0.15, 0.2) is 0 Å². The van der Waals surface area contributed by atoms with E-state index in [0.29, 0.717) is 12.1 Å². The highest BCUT2D eigenvalue weighted by molar-refractivity contribution is 8.90. The Hall–Kier alpha value is -0.170. The molecule has 18 heavy (non-hydrogen) atoms. The summed E-state index contributed by atoms with van der Waals surface area (Å²) in [5.41, 5.74) is 0.472. The molecule has 0 aromatic carbocycles. The van der Waals surface area contributed by atoms with Gasteiger partial charge in [0.25, 0.3) is 0 Å². The lowest BCUT2D eigenvalue weighted by molar-refractivity contribution is -0.154. The predicted molar refractivity (Wildman–Crippen MR) is 76.0 cm³/mol. The van der Waals surface area contributed by atoms with Gasteiger partial charge in [-0.15, -0.1) is 0 Å². The fourth-order valence-corrected chi connectivity index (χ4v) is 3.72. The minimum atomic E-state index is -3.66. The SMILES string of the molecule is C[SH](Cl)(Cl)(Cl)N=C1CCC(C(=O)O)C(C(=O)O)C1. The van der Waals surface area contributed by atoms with Gasteiger partial charge in [-0.25, -0.2) is 4.40 Å². The zero-order valence-electron chi connectivity index (χ0n) is 9.52. The molecule has 2 N–H and O–H groups in total. The lowest BCUT2D eigenvalue weighted by Gasteiger charge is -2.36. The van der Waals surface area contributed by atoms with Crippen molar-refractivity contribution in [3.05, 3.63) is 0 Å². The number of carboxylic acids is 2. The summed E-state index contributed by atoms with van der Waals surface area (Å²) in [6.07, 6.45) is 1.95. The van der Waals surface area contributed by atoms with Crippen LogP contribution >= 0.6 is 39.0 Å². The first-order valence-electron chi connectivity index (χ1n) is 5.17. The molecule has 1 aliphatic rings. The number of nitrogens with zero attached hydrogens (tertiary/aromatic N) is 1. The molecule has 0 heterocycles. The predicted octanol–water partition coefficient (Wildman–Crippen LogP) is 3.09. The van der Waals surface area contributed by atoms with Crippen LogP contribution in [0.15, 0.2) is 4.40 Å². The van der Waals surface area contributed by atoms with Gasteiger partial charge < -0.3 is 10.2 Å². The van der Waals surface area contributed by atoms with Gasteiger partial charge >= 0.3 is 11.9 Å². The van der Waals surface area contributed by atoms with Crippen LogP contribution in [-0.2, 0) is 9.59 Å². The summed E-state index contributed by atoms with van der Waals surface area (Å²) < 4.78 is 4.01. The largest absolute Gasteiger partial charge is 0.481 e. The second-order valence-electron chi connectivity index (χ2n) is 4.42. The minimum absolute atomic E-state index is 0.0181. The van der Waals surface area contributed by atoms with Crippen LogP contribution in [0.3, 0.4) is 0 Å². The molecule has 1 saturated carbocycles. The molecule has 1 fully saturated rings. The maximum absolute atomic E-state index is 11.1. The van der Waals surface area contributed by atoms with E-state index >= 15 is 0 Å². The van der Waals surface area contributed by atoms with E-state index < -0.39 is 30.8 Å². The van der Waals surface area contributed by atoms with E-state index in [4.69, 9.17) is 42.3 Å². The molecule has 0 aromatic rings. The average Bonchev–Trinajstić information content (AvgIpc) is 2.13. The van der Waals surface area contributed by atoms with Crippen molar-refractivity contribution in [1.29, 1.82) is 0 Å². The molecule has 0 saturated heterocycles. The van der Waals surface area contributed by atoms with E-state index in [2.05, 4.69) is 4.40 Å². The third-order valence-electron chi connectivity index (χ3n) is 2.67. The van der Waals surface area contributed by atoms with Crippen molar-refractivity contribution in [3.63, 3.8) is 0 Å². The van der Waals surface area contributed by atoms with Crippen LogP contribution < -0.4 is 0 Å². The molecule has 0 radical (unpaired) electrons. The highest BCUT2D eigenvalue weighted by Gasteiger charge is 2.39. The van der Waals surface area contributed by atoms with Gasteiger partial charge in [0.1, 0.15) is 0 Å². The molecular weight excluding hydrogens is 325 g/mol. The fraction of sp³-hybridized carbons (Fsp3) is 0.667. The third-order valence-corrected chi connectivity index (χ3v) is 4.06. The third kappa shape index (κ3) is 4.84. The summed E-state index contributed by atoms with van der Waals surface area (Å²) in [6, 6.07) is 0. The highest BCUT2D eigenvalue weighted by Crippen LogP contribution is 2.81. The van der Waals surface area contributed by atoms with Gasteiger partial charge in [-0.05, 0) is 51.9 Å². The molecule has 106 valence electrons. The molecule has 0 spiro atoms. The molecule has 2 atom stereocenters. The van der Waals surface area contributed by atoms with E-state index in [1.54, 1.807) is 0 Å². The van der Waals surface area contributed by atoms with Crippen molar-refractivity contribution < 1.29 is 19.8 Å². The van der Waals surface area contributed by atoms with E-state index in [1.807, 2.05) is 0 Å². The minimum Gasteiger partial charge on any atom is -0.481 e. The Morgan fingerprint density at radius 3 is 2.11 bits per heavy atom. The van der Waals surface area contributed by atoms with Crippen LogP contribution in [0.25, 0.3) is 0 Å². The number of aliphatic carboxylic acids is 2. The van der Waals surface area contributed by atoms with Crippen molar-refractivity contribution in [2.45, 2.75) is 19.3 Å². The lowest BCUT2D eigenvalue weighted by Crippen LogP contribution is -2.35. The summed E-state index contributed by atoms with van der Waals surface area (Å²) in [5.74, 6) is -4.20. The number of halogens is 3. The van der Waals surface area contributed by atoms with Crippen LogP contribution in [0.1, 0.15) is 19.3 Å². The standard InChI is InChI=1S/C9H14Cl3NO4S/c1-18(10,11,12)13-5-2-3-6(8(14)15)7(4-5)9(16)17/h6-7,18H,2-4H2,1H3,(H,14,15)(H,16,17). The number of hydrogen-bond acceptors (Lipinski definition) is 3. The zero-order valence-corrected chi connectivity index (χ0v) is 12.7. The maximum atomic E-state index is 11.1. The molecule has 1 aliphatic carbocycles. The molecule has 2 unspecified atom stereocenters. The Morgan fingerprint density at radius 2 is 1.72 bits per heavy atom. The first kappa shape index (κ1) is 15.9. The summed E-state index contributed by atoms with van der Waals surface area (Å²) >= 11 is 0. The summed E-state index contributed by atoms with van der Waals surface area (Å²) in [5, 5.41) is 18.0. The molecular formula is C9H14Cl3NO4S. The van der Waals surface area contributed by atoms with E-state index in [0.717, 1.165) is 0 Å². The van der Waals surface area contributed by atoms with Gasteiger partial charge in [-0.1, -0.05) is 0 Å². The van der Waals surface area contributed by atoms with Crippen molar-refractivity contribution in [2.75, 3.05) is 6.26 Å². The molecule has 0 bridgehead atoms. The van der Waals surface area contributed by atoms with Crippen molar-refractivity contribution >= 4 is 56.7 Å². The van der Waals surface area contributed by atoms with E-state index in [1.165, 1.54) is 6.26 Å². The van der Waals surface area contributed by atoms with Crippen LogP contribution in [0, 0.1) is 11.8 Å². The Balaban J connectivity index is 2.95. The molecule has 5 nitrogen and oxygen atoms in total. The van der Waals surface area contributed by atoms with E-state index in [-0.39, 0.29) is 12.8 Å². The molecule has 0 aromatic heterocycles. The molecule has 0 aliphatic heterocycles. The first-order valence-corrected chi connectivity index (χ1v) is 10.5. The fourth-order valence-electron chi connectivity index (χ4n) is 1.97. The quantitative estimate of drug-likeness (QED) is 0.690. The first-order chi connectivity index (χ1) is 7.96. The monoisotopic (exact) mass is 337 g/mol. The Labute approximate surface area is 118 Å². The Kier molecular flexibility index (Phi) is 4.48. The smallest absolute Gasteiger partial charge is 0.307 e. The van der Waals surface area contributed by atoms with E-state index in [9.17, 15) is 9.59 Å². The van der Waals surface area contributed by atoms with Crippen molar-refractivity contribution in [1.82, 2.24) is 0 Å². The van der Waals surface area contributed by atoms with Gasteiger partial charge in [-0.3, -0.25) is 9.59 Å². The lowest BCUT2D eigenvalue weighted by atomic mass is 9.78. The highest BCUT2D eigenvalue weighted by atomic mass is 36.2. The normalized spacial score (nSPS) is 29.6. The Bertz CT molecular complexity index is 409. The van der Waals surface area contributed by atoms with Gasteiger partial charge in [-0.2, -0.15) is 0 Å². The van der Waals surface area contributed by atoms with Crippen molar-refractivity contribution in [3.8, 4) is 0 Å². The molecule has 1 rings (SSSR count). The number of rotatable bonds is 3. The average molecular weight is 339 g/mol. The van der Waals surface area contributed by atoms with Gasteiger partial charge in [0.2, 0.25) is 0 Å². The maximum Gasteiger partial charge on any atom is 0.307 e. The summed E-state index contributed by atoms with van der Waals surface area (Å²) in [6.45, 7) is -3.66. The second kappa shape index (κ2) is 5.07. The number of hydrogen-bond donors (Lipinski definition) is 3. The number of carboxylic acid groups (broad SMARTS) is 2. The van der Waals surface area contributed by atoms with Crippen molar-refractivity contribution in [2.24, 2.45) is 16.2 Å². The topological polar surface area (TPSA) is 87.0 Å². The number of thiol groups is 1. The van der Waals surface area contributed by atoms with Crippen LogP contribution in [0.2, 0.25) is 0 Å². The van der Waals surface area contributed by atoms with Gasteiger partial charge in [0, 0.05) is 18.4 Å². The summed E-state index contributed by atoms with van der Waals surface area (Å²) in [4.78, 5) is 22.0. The molecule has 9 heteroatoms. The zero-order chi connectivity index (χ0) is 14.2. The van der Waals surface area contributed by atoms with Gasteiger partial charge in [0.05, 0.1) is 11.8 Å². The summed E-state index contributed by atoms with van der Waals surface area (Å²) in [7, 11) is 17.6. The molecule has 0 amide bonds. The van der Waals surface area contributed by atoms with Crippen LogP contribution in [0.4, 0.5) is 0 Å². The number of carbonyl (C=O) groups is 2. The second-order valence-corrected chi connectivity index (χ2v) is 15.9. The van der Waals surface area contributed by atoms with Crippen LogP contribution in [0.5, 0.6) is 0 Å². The van der Waals surface area contributed by atoms with Crippen LogP contribution in [-0.4, -0.2) is 34.1 Å².